The Labute approximate surface area is 249 Å². The number of methoxy groups -OCH3 is 1. The Hall–Kier alpha value is -3.42. The minimum atomic E-state index is -4.15. The van der Waals surface area contributed by atoms with Crippen molar-refractivity contribution in [1.29, 1.82) is 0 Å². The van der Waals surface area contributed by atoms with Crippen molar-refractivity contribution in [3.63, 3.8) is 0 Å². The second-order valence-corrected chi connectivity index (χ2v) is 14.7. The third-order valence-electron chi connectivity index (χ3n) is 7.29. The van der Waals surface area contributed by atoms with E-state index in [0.29, 0.717) is 59.1 Å². The van der Waals surface area contributed by atoms with E-state index in [9.17, 15) is 22.4 Å². The number of sulfonamides is 1. The summed E-state index contributed by atoms with van der Waals surface area (Å²) in [5, 5.41) is 0.468. The molecule has 0 unspecified atom stereocenters. The minimum absolute atomic E-state index is 0.0463. The number of aromatic nitrogens is 2. The molecule has 0 aliphatic heterocycles. The molecule has 1 fully saturated rings. The average Bonchev–Trinajstić information content (AvgIpc) is 3.65. The lowest BCUT2D eigenvalue weighted by atomic mass is 9.99. The Kier molecular flexibility index (Phi) is 9.05. The van der Waals surface area contributed by atoms with Gasteiger partial charge in [-0.2, -0.15) is 0 Å². The molecule has 226 valence electrons. The first kappa shape index (κ1) is 31.5. The van der Waals surface area contributed by atoms with Crippen molar-refractivity contribution in [2.24, 2.45) is 5.73 Å². The van der Waals surface area contributed by atoms with Crippen molar-refractivity contribution in [1.82, 2.24) is 19.6 Å². The van der Waals surface area contributed by atoms with Crippen LogP contribution in [0, 0.1) is 19.7 Å². The van der Waals surface area contributed by atoms with E-state index < -0.39 is 26.2 Å². The van der Waals surface area contributed by atoms with Gasteiger partial charge in [0.2, 0.25) is 5.91 Å². The Morgan fingerprint density at radius 3 is 2.52 bits per heavy atom. The standard InChI is InChI=1S/C29H36FN5O5S2/c1-18-8-10-22(30)20(15-18)7-6-14-35(27(37)29(12-13-29)23-11-9-21(40-5)16-32-23)17-24-33-25(19(2)41-24)26(36)34-42(38,39)28(3,4)31/h8-11,15-16H,6-7,12-14,17,31H2,1-5H3,(H,34,36). The maximum absolute atomic E-state index is 14.4. The fourth-order valence-electron chi connectivity index (χ4n) is 4.59. The molecule has 1 aromatic carbocycles. The first-order chi connectivity index (χ1) is 19.7. The SMILES string of the molecule is COc1ccc(C2(C(=O)N(CCCc3cc(C)ccc3F)Cc3nc(C(=O)NS(=O)(=O)C(C)(C)N)c(C)s3)CC2)nc1. The highest BCUT2D eigenvalue weighted by molar-refractivity contribution is 7.91. The van der Waals surface area contributed by atoms with Gasteiger partial charge < -0.3 is 15.4 Å². The number of nitrogens with two attached hydrogens (primary N) is 1. The molecule has 1 aliphatic carbocycles. The average molecular weight is 618 g/mol. The zero-order chi connectivity index (χ0) is 30.9. The van der Waals surface area contributed by atoms with Gasteiger partial charge in [-0.3, -0.25) is 14.6 Å². The fraction of sp³-hybridized carbons (Fsp3) is 0.448. The van der Waals surface area contributed by atoms with Crippen LogP contribution >= 0.6 is 11.3 Å². The lowest BCUT2D eigenvalue weighted by molar-refractivity contribution is -0.134. The number of ether oxygens (including phenoxy) is 1. The summed E-state index contributed by atoms with van der Waals surface area (Å²) in [6.45, 7) is 6.53. The number of thiazole rings is 1. The molecule has 10 nitrogen and oxygen atoms in total. The molecule has 3 N–H and O–H groups in total. The maximum Gasteiger partial charge on any atom is 0.284 e. The van der Waals surface area contributed by atoms with Crippen LogP contribution in [-0.2, 0) is 33.2 Å². The van der Waals surface area contributed by atoms with Crippen LogP contribution in [0.25, 0.3) is 0 Å². The molecule has 2 aromatic heterocycles. The summed E-state index contributed by atoms with van der Waals surface area (Å²) < 4.78 is 46.4. The normalized spacial score (nSPS) is 14.4. The Morgan fingerprint density at radius 1 is 1.21 bits per heavy atom. The molecular weight excluding hydrogens is 581 g/mol. The number of benzene rings is 1. The predicted molar refractivity (Wildman–Crippen MR) is 158 cm³/mol. The predicted octanol–water partition coefficient (Wildman–Crippen LogP) is 3.75. The van der Waals surface area contributed by atoms with Gasteiger partial charge in [0.25, 0.3) is 15.9 Å². The van der Waals surface area contributed by atoms with E-state index in [4.69, 9.17) is 10.5 Å². The summed E-state index contributed by atoms with van der Waals surface area (Å²) in [6, 6.07) is 8.52. The van der Waals surface area contributed by atoms with Crippen LogP contribution in [0.1, 0.15) is 70.3 Å². The molecule has 2 heterocycles. The van der Waals surface area contributed by atoms with Gasteiger partial charge in [-0.05, 0) is 77.1 Å². The largest absolute Gasteiger partial charge is 0.495 e. The first-order valence-electron chi connectivity index (χ1n) is 13.5. The number of carbonyl (C=O) groups excluding carboxylic acids is 2. The van der Waals surface area contributed by atoms with Crippen LogP contribution in [-0.4, -0.2) is 53.6 Å². The van der Waals surface area contributed by atoms with Crippen LogP contribution in [0.3, 0.4) is 0 Å². The molecule has 3 aromatic rings. The number of hydrogen-bond acceptors (Lipinski definition) is 9. The summed E-state index contributed by atoms with van der Waals surface area (Å²) in [5.41, 5.74) is 7.04. The number of nitrogens with zero attached hydrogens (tertiary/aromatic N) is 3. The molecule has 0 bridgehead atoms. The Bertz CT molecular complexity index is 1580. The molecule has 0 saturated heterocycles. The number of amides is 2. The second-order valence-electron chi connectivity index (χ2n) is 11.1. The summed E-state index contributed by atoms with van der Waals surface area (Å²) in [7, 11) is -2.60. The lowest BCUT2D eigenvalue weighted by Gasteiger charge is -2.27. The van der Waals surface area contributed by atoms with Crippen LogP contribution in [0.4, 0.5) is 4.39 Å². The zero-order valence-corrected chi connectivity index (χ0v) is 26.0. The van der Waals surface area contributed by atoms with Gasteiger partial charge in [0.1, 0.15) is 27.1 Å². The highest BCUT2D eigenvalue weighted by atomic mass is 32.2. The number of carbonyl (C=O) groups is 2. The van der Waals surface area contributed by atoms with Gasteiger partial charge in [0, 0.05) is 11.4 Å². The fourth-order valence-corrected chi connectivity index (χ4v) is 6.14. The van der Waals surface area contributed by atoms with Gasteiger partial charge >= 0.3 is 0 Å². The number of pyridine rings is 1. The van der Waals surface area contributed by atoms with E-state index in [0.717, 1.165) is 5.56 Å². The maximum atomic E-state index is 14.4. The number of rotatable bonds is 12. The Morgan fingerprint density at radius 2 is 1.93 bits per heavy atom. The Balaban J connectivity index is 1.58. The summed E-state index contributed by atoms with van der Waals surface area (Å²) in [4.78, 5) is 36.3. The molecule has 42 heavy (non-hydrogen) atoms. The summed E-state index contributed by atoms with van der Waals surface area (Å²) in [6.07, 6.45) is 3.78. The second kappa shape index (κ2) is 12.1. The van der Waals surface area contributed by atoms with E-state index in [1.165, 1.54) is 31.3 Å². The third-order valence-corrected chi connectivity index (χ3v) is 10.1. The molecule has 2 amide bonds. The third kappa shape index (κ3) is 6.79. The quantitative estimate of drug-likeness (QED) is 0.313. The van der Waals surface area contributed by atoms with Crippen molar-refractivity contribution in [3.8, 4) is 5.75 Å². The van der Waals surface area contributed by atoms with Gasteiger partial charge in [0.15, 0.2) is 0 Å². The molecule has 0 spiro atoms. The highest BCUT2D eigenvalue weighted by Gasteiger charge is 2.54. The first-order valence-corrected chi connectivity index (χ1v) is 15.8. The highest BCUT2D eigenvalue weighted by Crippen LogP contribution is 2.49. The van der Waals surface area contributed by atoms with E-state index >= 15 is 0 Å². The van der Waals surface area contributed by atoms with E-state index in [1.54, 1.807) is 49.4 Å². The summed E-state index contributed by atoms with van der Waals surface area (Å²) in [5.74, 6) is -0.719. The number of halogens is 1. The van der Waals surface area contributed by atoms with E-state index in [1.807, 2.05) is 11.6 Å². The van der Waals surface area contributed by atoms with Crippen LogP contribution in [0.5, 0.6) is 5.75 Å². The number of hydrogen-bond donors (Lipinski definition) is 2. The van der Waals surface area contributed by atoms with Crippen molar-refractivity contribution in [2.75, 3.05) is 13.7 Å². The minimum Gasteiger partial charge on any atom is -0.495 e. The molecule has 0 atom stereocenters. The van der Waals surface area contributed by atoms with E-state index in [2.05, 4.69) is 9.97 Å². The van der Waals surface area contributed by atoms with Crippen molar-refractivity contribution >= 4 is 33.2 Å². The number of nitrogens with one attached hydrogen (secondary N) is 1. The zero-order valence-electron chi connectivity index (χ0n) is 24.4. The lowest BCUT2D eigenvalue weighted by Crippen LogP contribution is -2.50. The molecule has 0 radical (unpaired) electrons. The molecule has 4 rings (SSSR count). The topological polar surface area (TPSA) is 145 Å². The smallest absolute Gasteiger partial charge is 0.284 e. The number of aryl methyl sites for hydroxylation is 3. The van der Waals surface area contributed by atoms with Gasteiger partial charge in [-0.25, -0.2) is 22.5 Å². The van der Waals surface area contributed by atoms with Crippen LogP contribution in [0.15, 0.2) is 36.5 Å². The molecule has 1 saturated carbocycles. The van der Waals surface area contributed by atoms with Gasteiger partial charge in [-0.15, -0.1) is 11.3 Å². The van der Waals surface area contributed by atoms with Crippen LogP contribution in [0.2, 0.25) is 0 Å². The summed E-state index contributed by atoms with van der Waals surface area (Å²) >= 11 is 1.20. The van der Waals surface area contributed by atoms with Crippen molar-refractivity contribution < 1.29 is 27.1 Å². The molecular formula is C29H36FN5O5S2. The van der Waals surface area contributed by atoms with E-state index in [-0.39, 0.29) is 24.0 Å². The van der Waals surface area contributed by atoms with Crippen LogP contribution < -0.4 is 15.2 Å². The molecule has 13 heteroatoms. The van der Waals surface area contributed by atoms with Crippen molar-refractivity contribution in [3.05, 3.63) is 74.7 Å². The van der Waals surface area contributed by atoms with Gasteiger partial charge in [0.05, 0.1) is 31.0 Å². The van der Waals surface area contributed by atoms with Gasteiger partial charge in [-0.1, -0.05) is 17.7 Å². The molecule has 1 aliphatic rings. The van der Waals surface area contributed by atoms with Crippen molar-refractivity contribution in [2.45, 2.75) is 70.2 Å². The monoisotopic (exact) mass is 617 g/mol.